The minimum atomic E-state index is -3.70. The highest BCUT2D eigenvalue weighted by molar-refractivity contribution is 7.92. The molecule has 25 heavy (non-hydrogen) atoms. The van der Waals surface area contributed by atoms with E-state index in [9.17, 15) is 8.42 Å². The maximum atomic E-state index is 12.9. The van der Waals surface area contributed by atoms with Gasteiger partial charge in [0.1, 0.15) is 0 Å². The van der Waals surface area contributed by atoms with Gasteiger partial charge >= 0.3 is 0 Å². The van der Waals surface area contributed by atoms with E-state index in [0.29, 0.717) is 22.6 Å². The third-order valence-corrected chi connectivity index (χ3v) is 5.50. The van der Waals surface area contributed by atoms with E-state index in [4.69, 9.17) is 4.52 Å². The number of aromatic nitrogens is 1. The molecule has 0 aliphatic carbocycles. The highest BCUT2D eigenvalue weighted by Gasteiger charge is 2.19. The summed E-state index contributed by atoms with van der Waals surface area (Å²) in [4.78, 5) is 0.223. The van der Waals surface area contributed by atoms with Gasteiger partial charge in [-0.05, 0) is 49.6 Å². The van der Waals surface area contributed by atoms with Gasteiger partial charge < -0.3 is 4.52 Å². The summed E-state index contributed by atoms with van der Waals surface area (Å²) in [6.45, 7) is 5.62. The van der Waals surface area contributed by atoms with Gasteiger partial charge in [0.15, 0.2) is 5.76 Å². The van der Waals surface area contributed by atoms with Crippen molar-refractivity contribution in [1.29, 1.82) is 0 Å². The summed E-state index contributed by atoms with van der Waals surface area (Å²) in [7, 11) is -3.70. The van der Waals surface area contributed by atoms with E-state index in [0.717, 1.165) is 17.7 Å². The van der Waals surface area contributed by atoms with Crippen molar-refractivity contribution >= 4 is 15.7 Å². The average Bonchev–Trinajstić information content (AvgIpc) is 3.01. The molecule has 0 aliphatic rings. The predicted molar refractivity (Wildman–Crippen MR) is 100 cm³/mol. The first-order valence-corrected chi connectivity index (χ1v) is 9.53. The Morgan fingerprint density at radius 1 is 1.12 bits per heavy atom. The fraction of sp³-hybridized carbons (Fsp3) is 0.211. The lowest BCUT2D eigenvalue weighted by atomic mass is 10.1. The van der Waals surface area contributed by atoms with E-state index >= 15 is 0 Å². The van der Waals surface area contributed by atoms with Gasteiger partial charge in [0.05, 0.1) is 10.6 Å². The molecule has 2 aromatic carbocycles. The molecular weight excluding hydrogens is 336 g/mol. The number of aryl methyl sites for hydroxylation is 3. The van der Waals surface area contributed by atoms with E-state index < -0.39 is 10.0 Å². The molecule has 132 valence electrons. The molecule has 3 rings (SSSR count). The maximum Gasteiger partial charge on any atom is 0.262 e. The minimum absolute atomic E-state index is 0. The van der Waals surface area contributed by atoms with Gasteiger partial charge in [-0.25, -0.2) is 8.42 Å². The molecular formula is C19H22N2O3S. The van der Waals surface area contributed by atoms with Crippen LogP contribution in [0.25, 0.3) is 11.3 Å². The Bertz CT molecular complexity index is 1010. The second kappa shape index (κ2) is 6.72. The molecule has 0 saturated carbocycles. The van der Waals surface area contributed by atoms with Crippen LogP contribution in [0.4, 0.5) is 5.69 Å². The Morgan fingerprint density at radius 2 is 1.92 bits per heavy atom. The number of hydrogen-bond donors (Lipinski definition) is 1. The summed E-state index contributed by atoms with van der Waals surface area (Å²) in [6.07, 6.45) is 0.842. The van der Waals surface area contributed by atoms with Crippen LogP contribution < -0.4 is 4.72 Å². The molecule has 0 spiro atoms. The number of nitrogens with zero attached hydrogens (tertiary/aromatic N) is 1. The molecule has 0 atom stereocenters. The lowest BCUT2D eigenvalue weighted by Gasteiger charge is -2.12. The van der Waals surface area contributed by atoms with Crippen molar-refractivity contribution < 1.29 is 14.4 Å². The van der Waals surface area contributed by atoms with Crippen LogP contribution in [0.15, 0.2) is 57.9 Å². The molecule has 0 bridgehead atoms. The van der Waals surface area contributed by atoms with Gasteiger partial charge in [-0.15, -0.1) is 0 Å². The fourth-order valence-electron chi connectivity index (χ4n) is 2.61. The zero-order valence-corrected chi connectivity index (χ0v) is 15.2. The van der Waals surface area contributed by atoms with E-state index in [1.54, 1.807) is 31.2 Å². The first-order valence-electron chi connectivity index (χ1n) is 8.05. The second-order valence-corrected chi connectivity index (χ2v) is 7.62. The van der Waals surface area contributed by atoms with E-state index in [1.807, 2.05) is 38.1 Å². The van der Waals surface area contributed by atoms with Crippen molar-refractivity contribution in [1.82, 2.24) is 5.16 Å². The first kappa shape index (κ1) is 17.2. The summed E-state index contributed by atoms with van der Waals surface area (Å²) in [5, 5.41) is 3.85. The van der Waals surface area contributed by atoms with Gasteiger partial charge in [0.2, 0.25) is 0 Å². The minimum Gasteiger partial charge on any atom is -0.356 e. The van der Waals surface area contributed by atoms with Crippen molar-refractivity contribution in [3.8, 4) is 11.3 Å². The number of hydrogen-bond acceptors (Lipinski definition) is 4. The zero-order chi connectivity index (χ0) is 18.0. The van der Waals surface area contributed by atoms with Gasteiger partial charge in [0, 0.05) is 18.7 Å². The molecule has 0 fully saturated rings. The standard InChI is InChI=1S/C19H20N2O3S.H2/c1-4-15-6-5-7-17(11-15)21-25(22,23)19-12-16(9-8-13(19)2)18-10-14(3)20-24-18;/h5-12,21H,4H2,1-3H3;1H. The van der Waals surface area contributed by atoms with Crippen LogP contribution in [-0.2, 0) is 16.4 Å². The largest absolute Gasteiger partial charge is 0.356 e. The molecule has 1 N–H and O–H groups in total. The van der Waals surface area contributed by atoms with E-state index in [2.05, 4.69) is 9.88 Å². The number of rotatable bonds is 5. The van der Waals surface area contributed by atoms with Crippen molar-refractivity contribution in [2.45, 2.75) is 32.1 Å². The van der Waals surface area contributed by atoms with Crippen molar-refractivity contribution in [2.24, 2.45) is 0 Å². The van der Waals surface area contributed by atoms with Crippen LogP contribution in [-0.4, -0.2) is 13.6 Å². The van der Waals surface area contributed by atoms with Crippen molar-refractivity contribution in [2.75, 3.05) is 4.72 Å². The van der Waals surface area contributed by atoms with Gasteiger partial charge in [0.25, 0.3) is 10.0 Å². The summed E-state index contributed by atoms with van der Waals surface area (Å²) < 4.78 is 33.6. The Labute approximate surface area is 149 Å². The highest BCUT2D eigenvalue weighted by Crippen LogP contribution is 2.27. The van der Waals surface area contributed by atoms with Gasteiger partial charge in [-0.1, -0.05) is 36.3 Å². The van der Waals surface area contributed by atoms with Crippen molar-refractivity contribution in [3.63, 3.8) is 0 Å². The summed E-state index contributed by atoms with van der Waals surface area (Å²) in [5.41, 5.74) is 3.71. The number of anilines is 1. The van der Waals surface area contributed by atoms with E-state index in [1.165, 1.54) is 0 Å². The Kier molecular flexibility index (Phi) is 4.63. The molecule has 0 saturated heterocycles. The van der Waals surface area contributed by atoms with Crippen LogP contribution in [0, 0.1) is 13.8 Å². The third-order valence-electron chi connectivity index (χ3n) is 3.98. The lowest BCUT2D eigenvalue weighted by molar-refractivity contribution is 0.427. The topological polar surface area (TPSA) is 72.2 Å². The Morgan fingerprint density at radius 3 is 2.60 bits per heavy atom. The quantitative estimate of drug-likeness (QED) is 0.725. The Hall–Kier alpha value is -2.60. The number of benzene rings is 2. The molecule has 5 nitrogen and oxygen atoms in total. The molecule has 3 aromatic rings. The normalized spacial score (nSPS) is 11.5. The SMILES string of the molecule is CCc1cccc(NS(=O)(=O)c2cc(-c3cc(C)no3)ccc2C)c1.[HH]. The molecule has 6 heteroatoms. The summed E-state index contributed by atoms with van der Waals surface area (Å²) in [6, 6.07) is 14.4. The fourth-order valence-corrected chi connectivity index (χ4v) is 3.93. The molecule has 0 unspecified atom stereocenters. The van der Waals surface area contributed by atoms with Crippen LogP contribution in [0.5, 0.6) is 0 Å². The number of nitrogens with one attached hydrogen (secondary N) is 1. The second-order valence-electron chi connectivity index (χ2n) is 5.97. The molecule has 0 aliphatic heterocycles. The maximum absolute atomic E-state index is 12.9. The average molecular weight is 358 g/mol. The van der Waals surface area contributed by atoms with Gasteiger partial charge in [-0.3, -0.25) is 4.72 Å². The molecule has 0 radical (unpaired) electrons. The van der Waals surface area contributed by atoms with Gasteiger partial charge in [-0.2, -0.15) is 0 Å². The van der Waals surface area contributed by atoms with E-state index in [-0.39, 0.29) is 6.32 Å². The summed E-state index contributed by atoms with van der Waals surface area (Å²) in [5.74, 6) is 0.543. The molecule has 0 amide bonds. The zero-order valence-electron chi connectivity index (χ0n) is 14.4. The van der Waals surface area contributed by atoms with Crippen LogP contribution in [0.1, 0.15) is 25.2 Å². The third kappa shape index (κ3) is 3.74. The predicted octanol–water partition coefficient (Wildman–Crippen LogP) is 4.57. The van der Waals surface area contributed by atoms with Crippen LogP contribution in [0.3, 0.4) is 0 Å². The summed E-state index contributed by atoms with van der Waals surface area (Å²) >= 11 is 0. The molecule has 1 heterocycles. The van der Waals surface area contributed by atoms with Crippen LogP contribution >= 0.6 is 0 Å². The van der Waals surface area contributed by atoms with Crippen LogP contribution in [0.2, 0.25) is 0 Å². The Balaban J connectivity index is 0.00000243. The monoisotopic (exact) mass is 358 g/mol. The highest BCUT2D eigenvalue weighted by atomic mass is 32.2. The smallest absolute Gasteiger partial charge is 0.262 e. The number of sulfonamides is 1. The lowest BCUT2D eigenvalue weighted by Crippen LogP contribution is -2.14. The van der Waals surface area contributed by atoms with Crippen molar-refractivity contribution in [3.05, 3.63) is 65.4 Å². The first-order chi connectivity index (χ1) is 11.9. The molecule has 1 aromatic heterocycles.